The van der Waals surface area contributed by atoms with E-state index in [2.05, 4.69) is 37.3 Å². The molecule has 98 valence electrons. The van der Waals surface area contributed by atoms with Crippen LogP contribution in [-0.2, 0) is 0 Å². The van der Waals surface area contributed by atoms with Crippen LogP contribution in [0.1, 0.15) is 39.7 Å². The Kier molecular flexibility index (Phi) is 3.13. The smallest absolute Gasteiger partial charge is 0.0540 e. The van der Waals surface area contributed by atoms with Gasteiger partial charge >= 0.3 is 0 Å². The van der Waals surface area contributed by atoms with Crippen LogP contribution in [0.5, 0.6) is 0 Å². The maximum Gasteiger partial charge on any atom is 0.0540 e. The number of hydrogen-bond donors (Lipinski definition) is 2. The molecule has 2 aromatic rings. The molecule has 0 bridgehead atoms. The highest BCUT2D eigenvalue weighted by Crippen LogP contribution is 2.42. The summed E-state index contributed by atoms with van der Waals surface area (Å²) in [6, 6.07) is 14.4. The van der Waals surface area contributed by atoms with Gasteiger partial charge in [0.2, 0.25) is 0 Å². The third-order valence-corrected chi connectivity index (χ3v) is 4.11. The molecule has 2 N–H and O–H groups in total. The molecule has 2 heteroatoms. The molecule has 0 saturated heterocycles. The van der Waals surface area contributed by atoms with Crippen molar-refractivity contribution in [3.63, 3.8) is 0 Å². The molecule has 0 amide bonds. The fraction of sp³-hybridized carbons (Fsp3) is 0.294. The predicted molar refractivity (Wildman–Crippen MR) is 75.5 cm³/mol. The molecule has 0 unspecified atom stereocenters. The summed E-state index contributed by atoms with van der Waals surface area (Å²) in [5, 5.41) is 19.5. The Labute approximate surface area is 113 Å². The van der Waals surface area contributed by atoms with Crippen molar-refractivity contribution in [1.29, 1.82) is 0 Å². The first-order valence-corrected chi connectivity index (χ1v) is 6.67. The lowest BCUT2D eigenvalue weighted by molar-refractivity contribution is 0.262. The molecule has 2 aromatic carbocycles. The minimum atomic E-state index is 0.0221. The van der Waals surface area contributed by atoms with Crippen molar-refractivity contribution in [2.75, 3.05) is 13.2 Å². The van der Waals surface area contributed by atoms with E-state index in [1.807, 2.05) is 12.1 Å². The van der Waals surface area contributed by atoms with Gasteiger partial charge in [0.05, 0.1) is 13.2 Å². The molecule has 2 atom stereocenters. The lowest BCUT2D eigenvalue weighted by atomic mass is 9.72. The normalized spacial score (nSPS) is 20.8. The molecule has 0 radical (unpaired) electrons. The summed E-state index contributed by atoms with van der Waals surface area (Å²) in [4.78, 5) is 0. The van der Waals surface area contributed by atoms with Crippen molar-refractivity contribution in [2.45, 2.75) is 18.8 Å². The second kappa shape index (κ2) is 4.80. The van der Waals surface area contributed by atoms with Crippen molar-refractivity contribution >= 4 is 0 Å². The van der Waals surface area contributed by atoms with Crippen molar-refractivity contribution in [2.24, 2.45) is 0 Å². The van der Waals surface area contributed by atoms with Crippen LogP contribution in [0.2, 0.25) is 0 Å². The molecule has 0 fully saturated rings. The van der Waals surface area contributed by atoms with Crippen LogP contribution < -0.4 is 0 Å². The average molecular weight is 254 g/mol. The first kappa shape index (κ1) is 12.4. The van der Waals surface area contributed by atoms with E-state index in [1.165, 1.54) is 5.56 Å². The van der Waals surface area contributed by atoms with Crippen LogP contribution in [0.4, 0.5) is 0 Å². The first-order valence-electron chi connectivity index (χ1n) is 6.67. The van der Waals surface area contributed by atoms with Crippen LogP contribution in [0.15, 0.2) is 42.5 Å². The van der Waals surface area contributed by atoms with Crippen LogP contribution in [0.3, 0.4) is 0 Å². The zero-order chi connectivity index (χ0) is 13.4. The van der Waals surface area contributed by atoms with E-state index in [4.69, 9.17) is 0 Å². The number of benzene rings is 2. The Balaban J connectivity index is 2.26. The van der Waals surface area contributed by atoms with Gasteiger partial charge in [0.1, 0.15) is 0 Å². The molecule has 1 aliphatic rings. The fourth-order valence-corrected chi connectivity index (χ4v) is 3.19. The molecule has 3 rings (SSSR count). The van der Waals surface area contributed by atoms with E-state index in [1.54, 1.807) is 0 Å². The van der Waals surface area contributed by atoms with Crippen molar-refractivity contribution in [1.82, 2.24) is 0 Å². The largest absolute Gasteiger partial charge is 0.395 e. The van der Waals surface area contributed by atoms with Gasteiger partial charge in [-0.3, -0.25) is 0 Å². The van der Waals surface area contributed by atoms with Gasteiger partial charge in [-0.05, 0) is 29.2 Å². The van der Waals surface area contributed by atoms with Gasteiger partial charge < -0.3 is 10.2 Å². The third-order valence-electron chi connectivity index (χ3n) is 4.11. The number of hydrogen-bond acceptors (Lipinski definition) is 2. The van der Waals surface area contributed by atoms with Crippen LogP contribution in [0, 0.1) is 6.92 Å². The summed E-state index contributed by atoms with van der Waals surface area (Å²) >= 11 is 0. The molecule has 0 spiro atoms. The van der Waals surface area contributed by atoms with Crippen LogP contribution in [-0.4, -0.2) is 23.4 Å². The molecular formula is C17H18O2. The van der Waals surface area contributed by atoms with Crippen molar-refractivity contribution in [3.8, 4) is 0 Å². The highest BCUT2D eigenvalue weighted by atomic mass is 16.3. The SMILES string of the molecule is Cc1ccc2c(c1)[C@H](CO)c1ccccc1[C@@H]2CO. The Morgan fingerprint density at radius 2 is 1.32 bits per heavy atom. The summed E-state index contributed by atoms with van der Waals surface area (Å²) < 4.78 is 0. The number of aliphatic hydroxyl groups is 2. The summed E-state index contributed by atoms with van der Waals surface area (Å²) in [5.74, 6) is 0.0449. The van der Waals surface area contributed by atoms with E-state index in [-0.39, 0.29) is 25.0 Å². The minimum absolute atomic E-state index is 0.0221. The lowest BCUT2D eigenvalue weighted by Crippen LogP contribution is -2.22. The maximum atomic E-state index is 9.77. The summed E-state index contributed by atoms with van der Waals surface area (Å²) in [6.45, 7) is 2.26. The number of rotatable bonds is 2. The zero-order valence-corrected chi connectivity index (χ0v) is 11.0. The second-order valence-electron chi connectivity index (χ2n) is 5.23. The van der Waals surface area contributed by atoms with Gasteiger partial charge in [-0.2, -0.15) is 0 Å². The quantitative estimate of drug-likeness (QED) is 0.864. The van der Waals surface area contributed by atoms with Crippen LogP contribution in [0.25, 0.3) is 0 Å². The van der Waals surface area contributed by atoms with E-state index in [9.17, 15) is 10.2 Å². The Hall–Kier alpha value is -1.64. The van der Waals surface area contributed by atoms with E-state index < -0.39 is 0 Å². The standard InChI is InChI=1S/C17H18O2/c1-11-6-7-14-15(8-11)17(10-19)13-5-3-2-4-12(13)16(14)9-18/h2-8,16-19H,9-10H2,1H3/t16-,17+/m0/s1. The van der Waals surface area contributed by atoms with Gasteiger partial charge in [0.15, 0.2) is 0 Å². The van der Waals surface area contributed by atoms with Gasteiger partial charge in [0, 0.05) is 11.8 Å². The first-order chi connectivity index (χ1) is 9.26. The summed E-state index contributed by atoms with van der Waals surface area (Å²) in [7, 11) is 0. The van der Waals surface area contributed by atoms with Crippen molar-refractivity contribution < 1.29 is 10.2 Å². The molecule has 0 aromatic heterocycles. The molecule has 1 aliphatic carbocycles. The van der Waals surface area contributed by atoms with E-state index in [0.717, 1.165) is 22.3 Å². The molecule has 0 heterocycles. The Morgan fingerprint density at radius 3 is 1.89 bits per heavy atom. The van der Waals surface area contributed by atoms with Gasteiger partial charge in [-0.1, -0.05) is 48.0 Å². The van der Waals surface area contributed by atoms with Crippen LogP contribution >= 0.6 is 0 Å². The average Bonchev–Trinajstić information content (AvgIpc) is 2.44. The summed E-state index contributed by atoms with van der Waals surface area (Å²) in [6.07, 6.45) is 0. The third kappa shape index (κ3) is 1.88. The molecule has 0 saturated carbocycles. The molecular weight excluding hydrogens is 236 g/mol. The van der Waals surface area contributed by atoms with Gasteiger partial charge in [0.25, 0.3) is 0 Å². The topological polar surface area (TPSA) is 40.5 Å². The number of aliphatic hydroxyl groups excluding tert-OH is 2. The lowest BCUT2D eigenvalue weighted by Gasteiger charge is -2.32. The van der Waals surface area contributed by atoms with E-state index >= 15 is 0 Å². The summed E-state index contributed by atoms with van der Waals surface area (Å²) in [5.41, 5.74) is 5.77. The minimum Gasteiger partial charge on any atom is -0.395 e. The number of aryl methyl sites for hydroxylation is 1. The monoisotopic (exact) mass is 254 g/mol. The second-order valence-corrected chi connectivity index (χ2v) is 5.23. The number of fused-ring (bicyclic) bond motifs is 2. The highest BCUT2D eigenvalue weighted by Gasteiger charge is 2.31. The zero-order valence-electron chi connectivity index (χ0n) is 11.0. The maximum absolute atomic E-state index is 9.77. The van der Waals surface area contributed by atoms with Gasteiger partial charge in [-0.25, -0.2) is 0 Å². The Bertz CT molecular complexity index is 604. The van der Waals surface area contributed by atoms with E-state index in [0.29, 0.717) is 0 Å². The fourth-order valence-electron chi connectivity index (χ4n) is 3.19. The Morgan fingerprint density at radius 1 is 0.789 bits per heavy atom. The molecule has 0 aliphatic heterocycles. The molecule has 19 heavy (non-hydrogen) atoms. The highest BCUT2D eigenvalue weighted by molar-refractivity contribution is 5.53. The van der Waals surface area contributed by atoms with Gasteiger partial charge in [-0.15, -0.1) is 0 Å². The van der Waals surface area contributed by atoms with Crippen molar-refractivity contribution in [3.05, 3.63) is 70.3 Å². The predicted octanol–water partition coefficient (Wildman–Crippen LogP) is 2.56. The molecule has 2 nitrogen and oxygen atoms in total.